The summed E-state index contributed by atoms with van der Waals surface area (Å²) in [4.78, 5) is 0.846. The number of halogens is 1. The highest BCUT2D eigenvalue weighted by atomic mass is 35.5. The van der Waals surface area contributed by atoms with Crippen LogP contribution in [0.25, 0.3) is 0 Å². The van der Waals surface area contributed by atoms with E-state index in [9.17, 15) is 0 Å². The van der Waals surface area contributed by atoms with E-state index in [4.69, 9.17) is 16.7 Å². The van der Waals surface area contributed by atoms with Gasteiger partial charge in [0.15, 0.2) is 4.34 Å². The molecule has 0 aliphatic rings. The van der Waals surface area contributed by atoms with Gasteiger partial charge in [0, 0.05) is 4.90 Å². The normalized spacial score (nSPS) is 10.5. The molecule has 1 aromatic heterocycles. The van der Waals surface area contributed by atoms with Gasteiger partial charge in [0.05, 0.1) is 11.6 Å². The monoisotopic (exact) mass is 258 g/mol. The van der Waals surface area contributed by atoms with Crippen LogP contribution in [0.4, 0.5) is 0 Å². The zero-order chi connectivity index (χ0) is 10.7. The molecule has 0 radical (unpaired) electrons. The Kier molecular flexibility index (Phi) is 3.58. The Balaban J connectivity index is 2.34. The van der Waals surface area contributed by atoms with E-state index in [2.05, 4.69) is 10.2 Å². The second-order valence-corrected chi connectivity index (χ2v) is 5.19. The van der Waals surface area contributed by atoms with Crippen molar-refractivity contribution in [1.29, 1.82) is 0 Å². The van der Waals surface area contributed by atoms with Crippen LogP contribution in [0.3, 0.4) is 0 Å². The first kappa shape index (κ1) is 10.9. The number of nitrogens with zero attached hydrogens (tertiary/aromatic N) is 2. The van der Waals surface area contributed by atoms with Gasteiger partial charge >= 0.3 is 0 Å². The molecule has 2 rings (SSSR count). The molecule has 1 N–H and O–H groups in total. The molecule has 78 valence electrons. The Labute approximate surface area is 100 Å². The highest BCUT2D eigenvalue weighted by Crippen LogP contribution is 2.36. The molecular formula is C9H7ClN2OS2. The molecule has 0 aliphatic heterocycles. The number of aliphatic hydroxyl groups is 1. The fraction of sp³-hybridized carbons (Fsp3) is 0.111. The summed E-state index contributed by atoms with van der Waals surface area (Å²) in [5.74, 6) is 0. The number of hydrogen-bond donors (Lipinski definition) is 1. The van der Waals surface area contributed by atoms with Gasteiger partial charge in [0.25, 0.3) is 0 Å². The maximum Gasteiger partial charge on any atom is 0.178 e. The molecule has 0 saturated heterocycles. The van der Waals surface area contributed by atoms with E-state index in [-0.39, 0.29) is 6.61 Å². The molecule has 0 spiro atoms. The fourth-order valence-corrected chi connectivity index (χ4v) is 2.94. The lowest BCUT2D eigenvalue weighted by Gasteiger charge is -2.06. The summed E-state index contributed by atoms with van der Waals surface area (Å²) in [5.41, 5.74) is 2.47. The molecule has 1 aromatic carbocycles. The van der Waals surface area contributed by atoms with E-state index < -0.39 is 0 Å². The van der Waals surface area contributed by atoms with Crippen LogP contribution in [0.1, 0.15) is 5.56 Å². The third-order valence-corrected chi connectivity index (χ3v) is 4.14. The Morgan fingerprint density at radius 1 is 1.47 bits per heavy atom. The summed E-state index contributed by atoms with van der Waals surface area (Å²) >= 11 is 8.92. The van der Waals surface area contributed by atoms with Gasteiger partial charge in [0.1, 0.15) is 5.51 Å². The molecular weight excluding hydrogens is 252 g/mol. The topological polar surface area (TPSA) is 46.0 Å². The maximum absolute atomic E-state index is 9.17. The molecule has 0 saturated carbocycles. The van der Waals surface area contributed by atoms with Crippen LogP contribution in [-0.2, 0) is 6.61 Å². The lowest BCUT2D eigenvalue weighted by Crippen LogP contribution is -1.88. The number of hydrogen-bond acceptors (Lipinski definition) is 5. The Morgan fingerprint density at radius 3 is 3.00 bits per heavy atom. The number of rotatable bonds is 3. The smallest absolute Gasteiger partial charge is 0.178 e. The Bertz CT molecular complexity index is 447. The summed E-state index contributed by atoms with van der Waals surface area (Å²) in [5, 5.41) is 17.5. The highest BCUT2D eigenvalue weighted by Gasteiger charge is 2.09. The molecule has 0 unspecified atom stereocenters. The Morgan fingerprint density at radius 2 is 2.33 bits per heavy atom. The minimum Gasteiger partial charge on any atom is -0.392 e. The zero-order valence-corrected chi connectivity index (χ0v) is 9.94. The van der Waals surface area contributed by atoms with Crippen LogP contribution in [0.15, 0.2) is 32.9 Å². The first-order valence-corrected chi connectivity index (χ1v) is 6.21. The van der Waals surface area contributed by atoms with Crippen molar-refractivity contribution in [3.05, 3.63) is 34.3 Å². The SMILES string of the molecule is OCc1cccc(Cl)c1Sc1nncs1. The second-order valence-electron chi connectivity index (χ2n) is 2.69. The Hall–Kier alpha value is -0.620. The van der Waals surface area contributed by atoms with Crippen molar-refractivity contribution in [2.24, 2.45) is 0 Å². The molecule has 0 atom stereocenters. The van der Waals surface area contributed by atoms with Crippen LogP contribution in [0, 0.1) is 0 Å². The first-order valence-electron chi connectivity index (χ1n) is 4.13. The van der Waals surface area contributed by atoms with Crippen molar-refractivity contribution in [3.63, 3.8) is 0 Å². The first-order chi connectivity index (χ1) is 7.31. The van der Waals surface area contributed by atoms with Gasteiger partial charge < -0.3 is 5.11 Å². The van der Waals surface area contributed by atoms with Gasteiger partial charge in [-0.25, -0.2) is 0 Å². The maximum atomic E-state index is 9.17. The minimum atomic E-state index is -0.0261. The zero-order valence-electron chi connectivity index (χ0n) is 7.55. The molecule has 6 heteroatoms. The molecule has 0 amide bonds. The lowest BCUT2D eigenvalue weighted by molar-refractivity contribution is 0.279. The number of aromatic nitrogens is 2. The summed E-state index contributed by atoms with van der Waals surface area (Å²) in [6.07, 6.45) is 0. The third-order valence-electron chi connectivity index (χ3n) is 1.75. The summed E-state index contributed by atoms with van der Waals surface area (Å²) in [6, 6.07) is 5.46. The van der Waals surface area contributed by atoms with Crippen molar-refractivity contribution < 1.29 is 5.11 Å². The van der Waals surface area contributed by atoms with Gasteiger partial charge in [-0.3, -0.25) is 0 Å². The van der Waals surface area contributed by atoms with Crippen molar-refractivity contribution in [2.45, 2.75) is 15.8 Å². The van der Waals surface area contributed by atoms with Crippen LogP contribution in [0.5, 0.6) is 0 Å². The van der Waals surface area contributed by atoms with Crippen LogP contribution in [0.2, 0.25) is 5.02 Å². The van der Waals surface area contributed by atoms with Crippen LogP contribution in [-0.4, -0.2) is 15.3 Å². The van der Waals surface area contributed by atoms with Crippen molar-refractivity contribution in [2.75, 3.05) is 0 Å². The molecule has 3 nitrogen and oxygen atoms in total. The summed E-state index contributed by atoms with van der Waals surface area (Å²) in [6.45, 7) is -0.0261. The van der Waals surface area contributed by atoms with Gasteiger partial charge in [-0.1, -0.05) is 46.8 Å². The van der Waals surface area contributed by atoms with Crippen molar-refractivity contribution >= 4 is 34.7 Å². The molecule has 0 bridgehead atoms. The van der Waals surface area contributed by atoms with Crippen molar-refractivity contribution in [1.82, 2.24) is 10.2 Å². The molecule has 1 heterocycles. The predicted molar refractivity (Wildman–Crippen MR) is 61.4 cm³/mol. The van der Waals surface area contributed by atoms with Gasteiger partial charge in [0.2, 0.25) is 0 Å². The fourth-order valence-electron chi connectivity index (χ4n) is 1.09. The van der Waals surface area contributed by atoms with E-state index in [1.807, 2.05) is 12.1 Å². The van der Waals surface area contributed by atoms with Crippen LogP contribution < -0.4 is 0 Å². The van der Waals surface area contributed by atoms with E-state index in [0.29, 0.717) is 5.02 Å². The molecule has 0 aliphatic carbocycles. The number of benzene rings is 1. The summed E-state index contributed by atoms with van der Waals surface area (Å²) < 4.78 is 0.817. The van der Waals surface area contributed by atoms with Gasteiger partial charge in [-0.15, -0.1) is 10.2 Å². The van der Waals surface area contributed by atoms with Gasteiger partial charge in [-0.05, 0) is 11.6 Å². The highest BCUT2D eigenvalue weighted by molar-refractivity contribution is 8.01. The van der Waals surface area contributed by atoms with Crippen LogP contribution >= 0.6 is 34.7 Å². The van der Waals surface area contributed by atoms with Gasteiger partial charge in [-0.2, -0.15) is 0 Å². The lowest BCUT2D eigenvalue weighted by atomic mass is 10.2. The average molecular weight is 259 g/mol. The standard InChI is InChI=1S/C9H7ClN2OS2/c10-7-3-1-2-6(4-13)8(7)15-9-12-11-5-14-9/h1-3,5,13H,4H2. The summed E-state index contributed by atoms with van der Waals surface area (Å²) in [7, 11) is 0. The van der Waals surface area contributed by atoms with E-state index in [0.717, 1.165) is 14.8 Å². The molecule has 2 aromatic rings. The molecule has 0 fully saturated rings. The largest absolute Gasteiger partial charge is 0.392 e. The number of aliphatic hydroxyl groups excluding tert-OH is 1. The van der Waals surface area contributed by atoms with E-state index in [1.165, 1.54) is 23.1 Å². The average Bonchev–Trinajstić information content (AvgIpc) is 2.74. The van der Waals surface area contributed by atoms with E-state index >= 15 is 0 Å². The predicted octanol–water partition coefficient (Wildman–Crippen LogP) is 2.84. The minimum absolute atomic E-state index is 0.0261. The van der Waals surface area contributed by atoms with E-state index in [1.54, 1.807) is 11.6 Å². The molecule has 15 heavy (non-hydrogen) atoms. The second kappa shape index (κ2) is 4.94. The van der Waals surface area contributed by atoms with Crippen molar-refractivity contribution in [3.8, 4) is 0 Å². The third kappa shape index (κ3) is 2.49. The quantitative estimate of drug-likeness (QED) is 0.920.